The number of hydrogen-bond donors (Lipinski definition) is 1. The summed E-state index contributed by atoms with van der Waals surface area (Å²) in [6.07, 6.45) is 0.938. The minimum absolute atomic E-state index is 0.0156. The Morgan fingerprint density at radius 2 is 1.90 bits per heavy atom. The Labute approximate surface area is 119 Å². The summed E-state index contributed by atoms with van der Waals surface area (Å²) < 4.78 is 0. The number of nitrogens with one attached hydrogen (secondary N) is 1. The van der Waals surface area contributed by atoms with Crippen molar-refractivity contribution in [3.05, 3.63) is 65.2 Å². The topological polar surface area (TPSA) is 32.3 Å². The maximum Gasteiger partial charge on any atom is 0.322 e. The molecule has 0 unspecified atom stereocenters. The lowest BCUT2D eigenvalue weighted by molar-refractivity contribution is 0.246. The van der Waals surface area contributed by atoms with Crippen molar-refractivity contribution >= 4 is 11.7 Å². The predicted octanol–water partition coefficient (Wildman–Crippen LogP) is 3.27. The average Bonchev–Trinajstić information content (AvgIpc) is 2.90. The zero-order chi connectivity index (χ0) is 13.9. The van der Waals surface area contributed by atoms with Gasteiger partial charge in [-0.05, 0) is 36.1 Å². The first kappa shape index (κ1) is 12.7. The summed E-state index contributed by atoms with van der Waals surface area (Å²) >= 11 is 0. The SMILES string of the molecule is Cc1ccccc1CNC(=O)N1CCc2ccccc21. The first-order valence-corrected chi connectivity index (χ1v) is 6.93. The van der Waals surface area contributed by atoms with Crippen LogP contribution in [0.5, 0.6) is 0 Å². The number of carbonyl (C=O) groups is 1. The fourth-order valence-electron chi connectivity index (χ4n) is 2.62. The lowest BCUT2D eigenvalue weighted by atomic mass is 10.1. The molecule has 3 rings (SSSR count). The van der Waals surface area contributed by atoms with Crippen molar-refractivity contribution in [1.82, 2.24) is 5.32 Å². The number of urea groups is 1. The van der Waals surface area contributed by atoms with Crippen LogP contribution in [-0.4, -0.2) is 12.6 Å². The minimum atomic E-state index is -0.0156. The molecule has 3 heteroatoms. The highest BCUT2D eigenvalue weighted by molar-refractivity contribution is 5.94. The van der Waals surface area contributed by atoms with Crippen molar-refractivity contribution in [3.8, 4) is 0 Å². The highest BCUT2D eigenvalue weighted by atomic mass is 16.2. The molecule has 20 heavy (non-hydrogen) atoms. The van der Waals surface area contributed by atoms with Gasteiger partial charge in [0.2, 0.25) is 0 Å². The molecule has 0 spiro atoms. The number of para-hydroxylation sites is 1. The smallest absolute Gasteiger partial charge is 0.322 e. The van der Waals surface area contributed by atoms with E-state index < -0.39 is 0 Å². The maximum absolute atomic E-state index is 12.3. The number of carbonyl (C=O) groups excluding carboxylic acids is 1. The van der Waals surface area contributed by atoms with Crippen LogP contribution in [0.25, 0.3) is 0 Å². The Morgan fingerprint density at radius 1 is 1.15 bits per heavy atom. The van der Waals surface area contributed by atoms with Gasteiger partial charge in [0.15, 0.2) is 0 Å². The van der Waals surface area contributed by atoms with E-state index in [4.69, 9.17) is 0 Å². The summed E-state index contributed by atoms with van der Waals surface area (Å²) in [6, 6.07) is 16.2. The number of benzene rings is 2. The number of aryl methyl sites for hydroxylation is 1. The van der Waals surface area contributed by atoms with Crippen LogP contribution in [0.15, 0.2) is 48.5 Å². The number of nitrogens with zero attached hydrogens (tertiary/aromatic N) is 1. The number of fused-ring (bicyclic) bond motifs is 1. The van der Waals surface area contributed by atoms with Gasteiger partial charge in [0.05, 0.1) is 0 Å². The Kier molecular flexibility index (Phi) is 3.42. The van der Waals surface area contributed by atoms with Gasteiger partial charge in [-0.25, -0.2) is 4.79 Å². The minimum Gasteiger partial charge on any atom is -0.334 e. The fraction of sp³-hybridized carbons (Fsp3) is 0.235. The molecular weight excluding hydrogens is 248 g/mol. The van der Waals surface area contributed by atoms with Crippen LogP contribution in [-0.2, 0) is 13.0 Å². The number of hydrogen-bond acceptors (Lipinski definition) is 1. The molecule has 2 aromatic rings. The van der Waals surface area contributed by atoms with Crippen molar-refractivity contribution in [3.63, 3.8) is 0 Å². The third-order valence-electron chi connectivity index (χ3n) is 3.82. The second-order valence-corrected chi connectivity index (χ2v) is 5.12. The van der Waals surface area contributed by atoms with Crippen molar-refractivity contribution < 1.29 is 4.79 Å². The number of anilines is 1. The van der Waals surface area contributed by atoms with E-state index in [2.05, 4.69) is 24.4 Å². The monoisotopic (exact) mass is 266 g/mol. The normalized spacial score (nSPS) is 13.2. The molecule has 0 radical (unpaired) electrons. The van der Waals surface area contributed by atoms with E-state index in [0.29, 0.717) is 6.54 Å². The molecule has 1 aliphatic rings. The molecule has 0 saturated carbocycles. The molecule has 1 heterocycles. The molecule has 102 valence electrons. The summed E-state index contributed by atoms with van der Waals surface area (Å²) in [7, 11) is 0. The molecule has 0 fully saturated rings. The molecule has 0 atom stereocenters. The van der Waals surface area contributed by atoms with E-state index in [1.54, 1.807) is 0 Å². The van der Waals surface area contributed by atoms with E-state index in [1.807, 2.05) is 41.3 Å². The first-order valence-electron chi connectivity index (χ1n) is 6.93. The second kappa shape index (κ2) is 5.37. The summed E-state index contributed by atoms with van der Waals surface area (Å²) in [6.45, 7) is 3.40. The Balaban J connectivity index is 1.68. The van der Waals surface area contributed by atoms with Crippen molar-refractivity contribution in [2.24, 2.45) is 0 Å². The molecule has 2 amide bonds. The summed E-state index contributed by atoms with van der Waals surface area (Å²) in [4.78, 5) is 14.1. The Bertz CT molecular complexity index is 636. The maximum atomic E-state index is 12.3. The lowest BCUT2D eigenvalue weighted by Crippen LogP contribution is -2.38. The van der Waals surface area contributed by atoms with Gasteiger partial charge in [0, 0.05) is 18.8 Å². The van der Waals surface area contributed by atoms with Crippen LogP contribution in [0.3, 0.4) is 0 Å². The molecule has 1 aliphatic heterocycles. The zero-order valence-electron chi connectivity index (χ0n) is 11.6. The average molecular weight is 266 g/mol. The molecule has 0 aromatic heterocycles. The van der Waals surface area contributed by atoms with Crippen molar-refractivity contribution in [1.29, 1.82) is 0 Å². The molecule has 2 aromatic carbocycles. The Morgan fingerprint density at radius 3 is 2.75 bits per heavy atom. The number of amides is 2. The molecule has 0 saturated heterocycles. The van der Waals surface area contributed by atoms with Crippen LogP contribution in [0, 0.1) is 6.92 Å². The summed E-state index contributed by atoms with van der Waals surface area (Å²) in [5.74, 6) is 0. The first-order chi connectivity index (χ1) is 9.75. The van der Waals surface area contributed by atoms with E-state index in [-0.39, 0.29) is 6.03 Å². The van der Waals surface area contributed by atoms with Crippen LogP contribution in [0.1, 0.15) is 16.7 Å². The predicted molar refractivity (Wildman–Crippen MR) is 80.9 cm³/mol. The van der Waals surface area contributed by atoms with Gasteiger partial charge in [-0.2, -0.15) is 0 Å². The summed E-state index contributed by atoms with van der Waals surface area (Å²) in [5, 5.41) is 3.01. The van der Waals surface area contributed by atoms with Gasteiger partial charge in [0.25, 0.3) is 0 Å². The van der Waals surface area contributed by atoms with Gasteiger partial charge >= 0.3 is 6.03 Å². The van der Waals surface area contributed by atoms with Crippen LogP contribution < -0.4 is 10.2 Å². The van der Waals surface area contributed by atoms with E-state index in [0.717, 1.165) is 24.2 Å². The quantitative estimate of drug-likeness (QED) is 0.889. The third-order valence-corrected chi connectivity index (χ3v) is 3.82. The molecule has 3 nitrogen and oxygen atoms in total. The van der Waals surface area contributed by atoms with E-state index in [1.165, 1.54) is 11.1 Å². The van der Waals surface area contributed by atoms with Crippen molar-refractivity contribution in [2.75, 3.05) is 11.4 Å². The highest BCUT2D eigenvalue weighted by Gasteiger charge is 2.23. The van der Waals surface area contributed by atoms with Gasteiger partial charge in [-0.3, -0.25) is 4.90 Å². The van der Waals surface area contributed by atoms with Crippen LogP contribution in [0.2, 0.25) is 0 Å². The van der Waals surface area contributed by atoms with Gasteiger partial charge in [-0.1, -0.05) is 42.5 Å². The largest absolute Gasteiger partial charge is 0.334 e. The van der Waals surface area contributed by atoms with Gasteiger partial charge < -0.3 is 5.32 Å². The standard InChI is InChI=1S/C17H18N2O/c1-13-6-2-3-8-15(13)12-18-17(20)19-11-10-14-7-4-5-9-16(14)19/h2-9H,10-12H2,1H3,(H,18,20). The van der Waals surface area contributed by atoms with Crippen molar-refractivity contribution in [2.45, 2.75) is 19.9 Å². The number of rotatable bonds is 2. The fourth-order valence-corrected chi connectivity index (χ4v) is 2.62. The molecule has 1 N–H and O–H groups in total. The van der Waals surface area contributed by atoms with Crippen LogP contribution in [0.4, 0.5) is 10.5 Å². The molecule has 0 bridgehead atoms. The zero-order valence-corrected chi connectivity index (χ0v) is 11.6. The van der Waals surface area contributed by atoms with E-state index in [9.17, 15) is 4.79 Å². The van der Waals surface area contributed by atoms with Gasteiger partial charge in [0.1, 0.15) is 0 Å². The van der Waals surface area contributed by atoms with E-state index >= 15 is 0 Å². The molecule has 0 aliphatic carbocycles. The second-order valence-electron chi connectivity index (χ2n) is 5.12. The lowest BCUT2D eigenvalue weighted by Gasteiger charge is -2.18. The third kappa shape index (κ3) is 2.39. The highest BCUT2D eigenvalue weighted by Crippen LogP contribution is 2.27. The summed E-state index contributed by atoms with van der Waals surface area (Å²) in [5.41, 5.74) is 4.65. The van der Waals surface area contributed by atoms with Gasteiger partial charge in [-0.15, -0.1) is 0 Å². The Hall–Kier alpha value is -2.29. The van der Waals surface area contributed by atoms with Crippen LogP contribution >= 0.6 is 0 Å². The molecular formula is C17H18N2O.